The molecule has 6 heteroatoms. The van der Waals surface area contributed by atoms with Gasteiger partial charge in [-0.05, 0) is 32.6 Å². The molecule has 0 aromatic heterocycles. The van der Waals surface area contributed by atoms with Crippen LogP contribution in [0.15, 0.2) is 0 Å². The van der Waals surface area contributed by atoms with Gasteiger partial charge in [-0.3, -0.25) is 0 Å². The zero-order chi connectivity index (χ0) is 15.2. The van der Waals surface area contributed by atoms with Gasteiger partial charge < -0.3 is 20.5 Å². The fourth-order valence-electron chi connectivity index (χ4n) is 2.75. The van der Waals surface area contributed by atoms with Crippen molar-refractivity contribution in [1.29, 1.82) is 0 Å². The van der Waals surface area contributed by atoms with Gasteiger partial charge in [-0.1, -0.05) is 19.8 Å². The molecule has 0 aromatic rings. The Morgan fingerprint density at radius 1 is 1.50 bits per heavy atom. The lowest BCUT2D eigenvalue weighted by Crippen LogP contribution is -2.59. The molecule has 1 fully saturated rings. The summed E-state index contributed by atoms with van der Waals surface area (Å²) in [7, 11) is 0. The molecule has 20 heavy (non-hydrogen) atoms. The first kappa shape index (κ1) is 16.8. The highest BCUT2D eigenvalue weighted by Gasteiger charge is 2.43. The minimum absolute atomic E-state index is 0.0863. The predicted octanol–water partition coefficient (Wildman–Crippen LogP) is 1.74. The van der Waals surface area contributed by atoms with Gasteiger partial charge in [0.2, 0.25) is 0 Å². The molecule has 1 rings (SSSR count). The largest absolute Gasteiger partial charge is 0.480 e. The summed E-state index contributed by atoms with van der Waals surface area (Å²) in [6, 6.07) is -0.437. The number of urea groups is 1. The maximum absolute atomic E-state index is 11.9. The van der Waals surface area contributed by atoms with E-state index in [-0.39, 0.29) is 6.10 Å². The molecule has 6 nitrogen and oxygen atoms in total. The Morgan fingerprint density at radius 2 is 2.20 bits per heavy atom. The summed E-state index contributed by atoms with van der Waals surface area (Å²) in [5.74, 6) is -0.639. The van der Waals surface area contributed by atoms with Crippen molar-refractivity contribution in [3.8, 4) is 0 Å². The number of carboxylic acids is 1. The van der Waals surface area contributed by atoms with Crippen LogP contribution < -0.4 is 10.6 Å². The lowest BCUT2D eigenvalue weighted by Gasteiger charge is -2.37. The SMILES string of the molecule is CCOC(C)CNC(=O)NC1(C(=O)O)CCCC(C)C1. The van der Waals surface area contributed by atoms with Gasteiger partial charge >= 0.3 is 12.0 Å². The van der Waals surface area contributed by atoms with Gasteiger partial charge in [0.1, 0.15) is 5.54 Å². The first-order chi connectivity index (χ1) is 9.39. The number of carboxylic acid groups (broad SMARTS) is 1. The van der Waals surface area contributed by atoms with Crippen LogP contribution in [-0.2, 0) is 9.53 Å². The van der Waals surface area contributed by atoms with Gasteiger partial charge in [-0.25, -0.2) is 9.59 Å². The topological polar surface area (TPSA) is 87.7 Å². The zero-order valence-corrected chi connectivity index (χ0v) is 12.6. The van der Waals surface area contributed by atoms with Gasteiger partial charge in [0.25, 0.3) is 0 Å². The van der Waals surface area contributed by atoms with Crippen LogP contribution in [0.2, 0.25) is 0 Å². The van der Waals surface area contributed by atoms with Gasteiger partial charge in [-0.2, -0.15) is 0 Å². The van der Waals surface area contributed by atoms with Crippen molar-refractivity contribution in [2.24, 2.45) is 5.92 Å². The molecular weight excluding hydrogens is 260 g/mol. The molecule has 0 aromatic carbocycles. The third-order valence-electron chi connectivity index (χ3n) is 3.76. The molecule has 0 spiro atoms. The van der Waals surface area contributed by atoms with Crippen molar-refractivity contribution in [3.05, 3.63) is 0 Å². The third kappa shape index (κ3) is 4.67. The molecule has 116 valence electrons. The number of nitrogens with one attached hydrogen (secondary N) is 2. The second-order valence-electron chi connectivity index (χ2n) is 5.69. The number of amides is 2. The minimum Gasteiger partial charge on any atom is -0.480 e. The van der Waals surface area contributed by atoms with Crippen molar-refractivity contribution in [1.82, 2.24) is 10.6 Å². The normalized spacial score (nSPS) is 27.6. The first-order valence-electron chi connectivity index (χ1n) is 7.30. The van der Waals surface area contributed by atoms with Crippen molar-refractivity contribution in [2.45, 2.75) is 58.1 Å². The van der Waals surface area contributed by atoms with Gasteiger partial charge in [0.15, 0.2) is 0 Å². The number of hydrogen-bond acceptors (Lipinski definition) is 3. The molecular formula is C14H26N2O4. The molecule has 1 aliphatic rings. The second-order valence-corrected chi connectivity index (χ2v) is 5.69. The first-order valence-corrected chi connectivity index (χ1v) is 7.30. The van der Waals surface area contributed by atoms with Crippen LogP contribution >= 0.6 is 0 Å². The Morgan fingerprint density at radius 3 is 2.75 bits per heavy atom. The third-order valence-corrected chi connectivity index (χ3v) is 3.76. The van der Waals surface area contributed by atoms with E-state index in [0.717, 1.165) is 12.8 Å². The molecule has 2 amide bonds. The molecule has 3 N–H and O–H groups in total. The average Bonchev–Trinajstić information content (AvgIpc) is 2.36. The number of hydrogen-bond donors (Lipinski definition) is 3. The molecule has 1 aliphatic carbocycles. The summed E-state index contributed by atoms with van der Waals surface area (Å²) in [6.45, 7) is 6.72. The van der Waals surface area contributed by atoms with Crippen LogP contribution in [0.5, 0.6) is 0 Å². The van der Waals surface area contributed by atoms with Crippen LogP contribution in [0.25, 0.3) is 0 Å². The Kier molecular flexibility index (Phi) is 6.26. The van der Waals surface area contributed by atoms with E-state index < -0.39 is 17.5 Å². The fourth-order valence-corrected chi connectivity index (χ4v) is 2.75. The van der Waals surface area contributed by atoms with Crippen molar-refractivity contribution in [3.63, 3.8) is 0 Å². The molecule has 3 atom stereocenters. The summed E-state index contributed by atoms with van der Waals surface area (Å²) >= 11 is 0. The average molecular weight is 286 g/mol. The molecule has 1 saturated carbocycles. The highest BCUT2D eigenvalue weighted by molar-refractivity contribution is 5.86. The summed E-state index contributed by atoms with van der Waals surface area (Å²) in [5.41, 5.74) is -1.13. The number of aliphatic carboxylic acids is 1. The molecule has 3 unspecified atom stereocenters. The highest BCUT2D eigenvalue weighted by Crippen LogP contribution is 2.32. The predicted molar refractivity (Wildman–Crippen MR) is 75.6 cm³/mol. The van der Waals surface area contributed by atoms with E-state index in [1.54, 1.807) is 0 Å². The Balaban J connectivity index is 2.53. The lowest BCUT2D eigenvalue weighted by molar-refractivity contribution is -0.146. The number of rotatable bonds is 6. The Bertz CT molecular complexity index is 348. The molecule has 0 bridgehead atoms. The van der Waals surface area contributed by atoms with Gasteiger partial charge in [-0.15, -0.1) is 0 Å². The zero-order valence-electron chi connectivity index (χ0n) is 12.6. The standard InChI is InChI=1S/C14H26N2O4/c1-4-20-11(3)9-15-13(19)16-14(12(17)18)7-5-6-10(2)8-14/h10-11H,4-9H2,1-3H3,(H,17,18)(H2,15,16,19). The van der Waals surface area contributed by atoms with Crippen LogP contribution in [0, 0.1) is 5.92 Å². The Hall–Kier alpha value is -1.30. The fraction of sp³-hybridized carbons (Fsp3) is 0.857. The maximum atomic E-state index is 11.9. The van der Waals surface area contributed by atoms with Crippen molar-refractivity contribution < 1.29 is 19.4 Å². The van der Waals surface area contributed by atoms with E-state index in [0.29, 0.717) is 31.9 Å². The summed E-state index contributed by atoms with van der Waals surface area (Å²) < 4.78 is 5.31. The number of carbonyl (C=O) groups is 2. The van der Waals surface area contributed by atoms with Crippen LogP contribution in [-0.4, -0.2) is 41.9 Å². The van der Waals surface area contributed by atoms with Crippen molar-refractivity contribution >= 4 is 12.0 Å². The number of ether oxygens (including phenoxy) is 1. The molecule has 0 heterocycles. The molecule has 0 radical (unpaired) electrons. The number of carbonyl (C=O) groups excluding carboxylic acids is 1. The van der Waals surface area contributed by atoms with Gasteiger partial charge in [0, 0.05) is 13.2 Å². The van der Waals surface area contributed by atoms with Crippen LogP contribution in [0.3, 0.4) is 0 Å². The second kappa shape index (κ2) is 7.47. The van der Waals surface area contributed by atoms with Crippen LogP contribution in [0.1, 0.15) is 46.5 Å². The van der Waals surface area contributed by atoms with Gasteiger partial charge in [0.05, 0.1) is 6.10 Å². The molecule has 0 aliphatic heterocycles. The summed E-state index contributed by atoms with van der Waals surface area (Å²) in [6.07, 6.45) is 2.72. The van der Waals surface area contributed by atoms with Crippen molar-refractivity contribution in [2.75, 3.05) is 13.2 Å². The highest BCUT2D eigenvalue weighted by atomic mass is 16.5. The minimum atomic E-state index is -1.13. The van der Waals surface area contributed by atoms with E-state index in [4.69, 9.17) is 4.74 Å². The summed E-state index contributed by atoms with van der Waals surface area (Å²) in [5, 5.41) is 14.8. The lowest BCUT2D eigenvalue weighted by atomic mass is 9.76. The van der Waals surface area contributed by atoms with E-state index >= 15 is 0 Å². The smallest absolute Gasteiger partial charge is 0.329 e. The molecule has 0 saturated heterocycles. The van der Waals surface area contributed by atoms with E-state index in [2.05, 4.69) is 10.6 Å². The summed E-state index contributed by atoms with van der Waals surface area (Å²) in [4.78, 5) is 23.4. The Labute approximate surface area is 120 Å². The van der Waals surface area contributed by atoms with E-state index in [9.17, 15) is 14.7 Å². The van der Waals surface area contributed by atoms with E-state index in [1.807, 2.05) is 20.8 Å². The van der Waals surface area contributed by atoms with E-state index in [1.165, 1.54) is 0 Å². The quantitative estimate of drug-likeness (QED) is 0.694. The maximum Gasteiger partial charge on any atom is 0.329 e. The monoisotopic (exact) mass is 286 g/mol. The van der Waals surface area contributed by atoms with Crippen LogP contribution in [0.4, 0.5) is 4.79 Å².